The Hall–Kier alpha value is -3.10. The molecule has 0 aromatic rings. The van der Waals surface area contributed by atoms with Gasteiger partial charge in [0, 0.05) is 13.5 Å². The summed E-state index contributed by atoms with van der Waals surface area (Å²) in [5.74, 6) is -6.61. The van der Waals surface area contributed by atoms with Crippen LogP contribution in [0.3, 0.4) is 0 Å². The fourth-order valence-corrected chi connectivity index (χ4v) is 3.76. The number of carboxylic acids is 2. The molecular weight excluding hydrogens is 454 g/mol. The van der Waals surface area contributed by atoms with Crippen LogP contribution in [0.2, 0.25) is 0 Å². The predicted octanol–water partition coefficient (Wildman–Crippen LogP) is -2.79. The van der Waals surface area contributed by atoms with E-state index in [0.717, 1.165) is 11.8 Å². The predicted molar refractivity (Wildman–Crippen MR) is 116 cm³/mol. The zero-order chi connectivity index (χ0) is 26.0. The highest BCUT2D eigenvalue weighted by atomic mass is 16.4. The molecule has 1 saturated heterocycles. The molecule has 0 spiro atoms. The third-order valence-corrected chi connectivity index (χ3v) is 5.46. The van der Waals surface area contributed by atoms with Crippen molar-refractivity contribution in [3.05, 3.63) is 0 Å². The minimum atomic E-state index is -1.85. The number of nitrogens with one attached hydrogen (secondary N) is 1. The number of imide groups is 1. The number of rotatable bonds is 13. The number of aliphatic carboxylic acids is 2. The third-order valence-electron chi connectivity index (χ3n) is 5.46. The van der Waals surface area contributed by atoms with Crippen LogP contribution < -0.4 is 16.8 Å². The van der Waals surface area contributed by atoms with Crippen molar-refractivity contribution in [1.82, 2.24) is 15.1 Å². The number of nitrogens with zero attached hydrogens (tertiary/aromatic N) is 2. The molecule has 0 radical (unpaired) electrons. The Morgan fingerprint density at radius 2 is 1.79 bits per heavy atom. The molecule has 0 aliphatic carbocycles. The Labute approximate surface area is 196 Å². The fourth-order valence-electron chi connectivity index (χ4n) is 3.76. The summed E-state index contributed by atoms with van der Waals surface area (Å²) in [6.07, 6.45) is 0.712. The maximum absolute atomic E-state index is 13.1. The first-order valence-electron chi connectivity index (χ1n) is 10.9. The maximum atomic E-state index is 13.1. The number of hydrogen-bond donors (Lipinski definition) is 6. The molecule has 14 nitrogen and oxygen atoms in total. The monoisotopic (exact) mass is 487 g/mol. The van der Waals surface area contributed by atoms with E-state index >= 15 is 0 Å². The number of aliphatic hydroxyl groups is 1. The number of carbonyl (C=O) groups is 6. The van der Waals surface area contributed by atoms with E-state index in [4.69, 9.17) is 16.6 Å². The van der Waals surface area contributed by atoms with Crippen LogP contribution in [-0.2, 0) is 28.8 Å². The van der Waals surface area contributed by atoms with Gasteiger partial charge < -0.3 is 37.0 Å². The Balaban J connectivity index is 3.24. The van der Waals surface area contributed by atoms with Crippen LogP contribution in [0.15, 0.2) is 0 Å². The summed E-state index contributed by atoms with van der Waals surface area (Å²) >= 11 is 0. The Kier molecular flexibility index (Phi) is 11.5. The first-order chi connectivity index (χ1) is 16.0. The lowest BCUT2D eigenvalue weighted by atomic mass is 10.0. The van der Waals surface area contributed by atoms with Crippen LogP contribution in [0.1, 0.15) is 45.4 Å². The molecule has 0 unspecified atom stereocenters. The molecule has 192 valence electrons. The number of amides is 4. The average Bonchev–Trinajstić information content (AvgIpc) is 3.26. The molecule has 1 aliphatic heterocycles. The number of hydrogen-bond acceptors (Lipinski definition) is 9. The molecule has 1 fully saturated rings. The lowest BCUT2D eigenvalue weighted by molar-refractivity contribution is -0.155. The molecule has 0 saturated carbocycles. The van der Waals surface area contributed by atoms with Crippen molar-refractivity contribution in [1.29, 1.82) is 0 Å². The summed E-state index contributed by atoms with van der Waals surface area (Å²) in [4.78, 5) is 75.2. The summed E-state index contributed by atoms with van der Waals surface area (Å²) < 4.78 is 0. The fraction of sp³-hybridized carbons (Fsp3) is 0.700. The van der Waals surface area contributed by atoms with Gasteiger partial charge in [0.25, 0.3) is 0 Å². The Bertz CT molecular complexity index is 790. The van der Waals surface area contributed by atoms with Gasteiger partial charge in [-0.05, 0) is 38.6 Å². The van der Waals surface area contributed by atoms with E-state index in [1.54, 1.807) is 0 Å². The van der Waals surface area contributed by atoms with Crippen molar-refractivity contribution < 1.29 is 44.1 Å². The summed E-state index contributed by atoms with van der Waals surface area (Å²) in [7, 11) is 0. The highest BCUT2D eigenvalue weighted by Crippen LogP contribution is 2.20. The summed E-state index contributed by atoms with van der Waals surface area (Å²) in [5.41, 5.74) is 11.0. The van der Waals surface area contributed by atoms with Crippen LogP contribution in [0.4, 0.5) is 0 Å². The van der Waals surface area contributed by atoms with Gasteiger partial charge in [-0.3, -0.25) is 28.9 Å². The number of carboxylic acid groups (broad SMARTS) is 2. The van der Waals surface area contributed by atoms with Crippen molar-refractivity contribution in [3.8, 4) is 0 Å². The molecule has 1 aliphatic rings. The summed E-state index contributed by atoms with van der Waals surface area (Å²) in [5, 5.41) is 30.2. The number of unbranched alkanes of at least 4 members (excludes halogenated alkanes) is 1. The van der Waals surface area contributed by atoms with Gasteiger partial charge in [0.05, 0.1) is 13.0 Å². The van der Waals surface area contributed by atoms with Gasteiger partial charge in [-0.25, -0.2) is 4.79 Å². The molecule has 34 heavy (non-hydrogen) atoms. The molecule has 14 heteroatoms. The molecular formula is C20H33N5O9. The molecule has 8 N–H and O–H groups in total. The van der Waals surface area contributed by atoms with Crippen LogP contribution in [0.25, 0.3) is 0 Å². The first-order valence-corrected chi connectivity index (χ1v) is 10.9. The highest BCUT2D eigenvalue weighted by molar-refractivity contribution is 6.03. The normalized spacial score (nSPS) is 18.0. The van der Waals surface area contributed by atoms with Gasteiger partial charge in [0.15, 0.2) is 0 Å². The van der Waals surface area contributed by atoms with Gasteiger partial charge in [0.1, 0.15) is 24.2 Å². The maximum Gasteiger partial charge on any atom is 0.326 e. The van der Waals surface area contributed by atoms with E-state index in [-0.39, 0.29) is 19.4 Å². The van der Waals surface area contributed by atoms with Gasteiger partial charge >= 0.3 is 11.9 Å². The number of likely N-dealkylation sites (tertiary alicyclic amines) is 1. The van der Waals surface area contributed by atoms with E-state index in [1.807, 2.05) is 0 Å². The van der Waals surface area contributed by atoms with Gasteiger partial charge in [-0.1, -0.05) is 0 Å². The van der Waals surface area contributed by atoms with Gasteiger partial charge in [-0.15, -0.1) is 0 Å². The quantitative estimate of drug-likeness (QED) is 0.145. The number of aliphatic hydroxyl groups excluding tert-OH is 1. The highest BCUT2D eigenvalue weighted by Gasteiger charge is 2.41. The van der Waals surface area contributed by atoms with Crippen LogP contribution in [-0.4, -0.2) is 105 Å². The van der Waals surface area contributed by atoms with E-state index < -0.39 is 72.8 Å². The van der Waals surface area contributed by atoms with Crippen molar-refractivity contribution >= 4 is 35.6 Å². The van der Waals surface area contributed by atoms with Crippen molar-refractivity contribution in [2.45, 2.75) is 69.6 Å². The molecule has 1 heterocycles. The van der Waals surface area contributed by atoms with Crippen molar-refractivity contribution in [3.63, 3.8) is 0 Å². The molecule has 4 atom stereocenters. The second kappa shape index (κ2) is 13.6. The van der Waals surface area contributed by atoms with Crippen LogP contribution >= 0.6 is 0 Å². The van der Waals surface area contributed by atoms with Crippen molar-refractivity contribution in [2.75, 3.05) is 19.7 Å². The second-order valence-electron chi connectivity index (χ2n) is 8.00. The SMILES string of the molecule is CC(=O)N(C(=O)[C@@H](N)CO)[C@@H](CC(=O)O)C(=O)N[C@@H](CCCCN)C(=O)N1CCC[C@H]1C(=O)O. The minimum Gasteiger partial charge on any atom is -0.481 e. The number of nitrogens with two attached hydrogens (primary N) is 2. The average molecular weight is 488 g/mol. The molecule has 0 aromatic carbocycles. The smallest absolute Gasteiger partial charge is 0.326 e. The van der Waals surface area contributed by atoms with Crippen LogP contribution in [0.5, 0.6) is 0 Å². The Morgan fingerprint density at radius 3 is 2.29 bits per heavy atom. The lowest BCUT2D eigenvalue weighted by Crippen LogP contribution is -2.60. The largest absolute Gasteiger partial charge is 0.481 e. The van der Waals surface area contributed by atoms with Crippen molar-refractivity contribution in [2.24, 2.45) is 11.5 Å². The molecule has 1 rings (SSSR count). The molecule has 0 aromatic heterocycles. The molecule has 4 amide bonds. The zero-order valence-electron chi connectivity index (χ0n) is 19.0. The third kappa shape index (κ3) is 7.74. The Morgan fingerprint density at radius 1 is 1.15 bits per heavy atom. The zero-order valence-corrected chi connectivity index (χ0v) is 19.0. The minimum absolute atomic E-state index is 0.0780. The van der Waals surface area contributed by atoms with E-state index in [0.29, 0.717) is 30.7 Å². The number of carbonyl (C=O) groups excluding carboxylic acids is 4. The molecule has 0 bridgehead atoms. The van der Waals surface area contributed by atoms with Crippen LogP contribution in [0, 0.1) is 0 Å². The lowest BCUT2D eigenvalue weighted by Gasteiger charge is -2.32. The first kappa shape index (κ1) is 28.9. The standard InChI is InChI=1S/C20H33N5O9/c1-11(27)25(18(31)12(22)10-26)15(9-16(28)29)17(30)23-13(5-2-3-7-21)19(32)24-8-4-6-14(24)20(33)34/h12-15,26H,2-10,21-22H2,1H3,(H,23,30)(H,28,29)(H,33,34)/t12-,13-,14-,15-/m0/s1. The van der Waals surface area contributed by atoms with E-state index in [2.05, 4.69) is 5.32 Å². The topological polar surface area (TPSA) is 234 Å². The summed E-state index contributed by atoms with van der Waals surface area (Å²) in [6, 6.07) is -5.71. The van der Waals surface area contributed by atoms with Gasteiger partial charge in [-0.2, -0.15) is 0 Å². The van der Waals surface area contributed by atoms with E-state index in [1.165, 1.54) is 0 Å². The van der Waals surface area contributed by atoms with E-state index in [9.17, 15) is 39.0 Å². The van der Waals surface area contributed by atoms with Gasteiger partial charge in [0.2, 0.25) is 23.6 Å². The summed E-state index contributed by atoms with van der Waals surface area (Å²) in [6.45, 7) is 0.552. The second-order valence-corrected chi connectivity index (χ2v) is 8.00.